The summed E-state index contributed by atoms with van der Waals surface area (Å²) < 4.78 is 12.6. The van der Waals surface area contributed by atoms with Crippen LogP contribution in [-0.4, -0.2) is 34.6 Å². The summed E-state index contributed by atoms with van der Waals surface area (Å²) in [6.45, 7) is 1.89. The van der Waals surface area contributed by atoms with Crippen LogP contribution in [-0.2, 0) is 20.9 Å². The number of oxazole rings is 1. The SMILES string of the molecule is CCN(C(=O)COC(=O)CCn1c(=O)oc2cc(Cl)ccc21)c1nc2ccccc2s1. The van der Waals surface area contributed by atoms with Crippen molar-refractivity contribution >= 4 is 61.3 Å². The van der Waals surface area contributed by atoms with Gasteiger partial charge >= 0.3 is 11.7 Å². The fourth-order valence-electron chi connectivity index (χ4n) is 3.14. The first-order valence-electron chi connectivity index (χ1n) is 9.56. The number of para-hydroxylation sites is 1. The molecule has 31 heavy (non-hydrogen) atoms. The Balaban J connectivity index is 1.36. The molecule has 0 aliphatic rings. The molecular formula is C21H18ClN3O5S. The van der Waals surface area contributed by atoms with E-state index in [1.165, 1.54) is 26.9 Å². The molecule has 2 heterocycles. The van der Waals surface area contributed by atoms with E-state index in [0.29, 0.717) is 27.8 Å². The van der Waals surface area contributed by atoms with E-state index in [2.05, 4.69) is 4.98 Å². The summed E-state index contributed by atoms with van der Waals surface area (Å²) in [4.78, 5) is 42.7. The third-order valence-corrected chi connectivity index (χ3v) is 5.95. The van der Waals surface area contributed by atoms with Crippen molar-refractivity contribution in [2.75, 3.05) is 18.1 Å². The highest BCUT2D eigenvalue weighted by molar-refractivity contribution is 7.22. The van der Waals surface area contributed by atoms with E-state index < -0.39 is 18.3 Å². The van der Waals surface area contributed by atoms with Crippen LogP contribution in [0.15, 0.2) is 51.7 Å². The first-order chi connectivity index (χ1) is 15.0. The van der Waals surface area contributed by atoms with Gasteiger partial charge in [0, 0.05) is 24.2 Å². The Morgan fingerprint density at radius 2 is 2.06 bits per heavy atom. The fraction of sp³-hybridized carbons (Fsp3) is 0.238. The maximum atomic E-state index is 12.6. The van der Waals surface area contributed by atoms with E-state index in [-0.39, 0.29) is 18.9 Å². The van der Waals surface area contributed by atoms with Crippen molar-refractivity contribution in [1.82, 2.24) is 9.55 Å². The van der Waals surface area contributed by atoms with Gasteiger partial charge in [0.15, 0.2) is 17.3 Å². The van der Waals surface area contributed by atoms with Crippen molar-refractivity contribution in [3.05, 3.63) is 58.0 Å². The number of aryl methyl sites for hydroxylation is 1. The highest BCUT2D eigenvalue weighted by atomic mass is 35.5. The molecule has 0 saturated heterocycles. The molecule has 1 amide bonds. The lowest BCUT2D eigenvalue weighted by molar-refractivity contribution is -0.148. The van der Waals surface area contributed by atoms with Gasteiger partial charge in [-0.25, -0.2) is 9.78 Å². The minimum absolute atomic E-state index is 0.0653. The molecule has 0 aliphatic heterocycles. The highest BCUT2D eigenvalue weighted by Crippen LogP contribution is 2.28. The maximum absolute atomic E-state index is 12.6. The Bertz CT molecular complexity index is 1290. The van der Waals surface area contributed by atoms with Gasteiger partial charge in [-0.1, -0.05) is 35.1 Å². The van der Waals surface area contributed by atoms with Crippen molar-refractivity contribution in [3.63, 3.8) is 0 Å². The zero-order valence-corrected chi connectivity index (χ0v) is 18.1. The number of likely N-dealkylation sites (N-methyl/N-ethyl adjacent to an activating group) is 1. The molecule has 0 spiro atoms. The van der Waals surface area contributed by atoms with Crippen LogP contribution >= 0.6 is 22.9 Å². The van der Waals surface area contributed by atoms with E-state index >= 15 is 0 Å². The second-order valence-electron chi connectivity index (χ2n) is 6.64. The number of amides is 1. The number of aromatic nitrogens is 2. The van der Waals surface area contributed by atoms with Crippen LogP contribution < -0.4 is 10.7 Å². The van der Waals surface area contributed by atoms with Crippen molar-refractivity contribution in [2.45, 2.75) is 19.9 Å². The molecule has 0 fully saturated rings. The van der Waals surface area contributed by atoms with Gasteiger partial charge < -0.3 is 9.15 Å². The summed E-state index contributed by atoms with van der Waals surface area (Å²) in [5, 5.41) is 1.000. The van der Waals surface area contributed by atoms with Gasteiger partial charge in [0.2, 0.25) is 0 Å². The number of hydrogen-bond donors (Lipinski definition) is 0. The number of anilines is 1. The first-order valence-corrected chi connectivity index (χ1v) is 10.8. The number of hydrogen-bond acceptors (Lipinski definition) is 7. The largest absolute Gasteiger partial charge is 0.455 e. The number of fused-ring (bicyclic) bond motifs is 2. The molecule has 8 nitrogen and oxygen atoms in total. The number of halogens is 1. The third-order valence-electron chi connectivity index (χ3n) is 4.66. The lowest BCUT2D eigenvalue weighted by Gasteiger charge is -2.17. The zero-order chi connectivity index (χ0) is 22.0. The lowest BCUT2D eigenvalue weighted by Crippen LogP contribution is -2.34. The molecule has 160 valence electrons. The molecule has 0 radical (unpaired) electrons. The van der Waals surface area contributed by atoms with Crippen LogP contribution in [0.2, 0.25) is 5.02 Å². The second kappa shape index (κ2) is 8.91. The number of esters is 1. The number of ether oxygens (including phenoxy) is 1. The van der Waals surface area contributed by atoms with Crippen LogP contribution in [0.25, 0.3) is 21.3 Å². The van der Waals surface area contributed by atoms with E-state index in [4.69, 9.17) is 20.8 Å². The van der Waals surface area contributed by atoms with Gasteiger partial charge in [-0.2, -0.15) is 0 Å². The number of benzene rings is 2. The third kappa shape index (κ3) is 4.47. The summed E-state index contributed by atoms with van der Waals surface area (Å²) in [5.41, 5.74) is 1.69. The normalized spacial score (nSPS) is 11.2. The van der Waals surface area contributed by atoms with Gasteiger partial charge in [0.05, 0.1) is 22.2 Å². The monoisotopic (exact) mass is 459 g/mol. The van der Waals surface area contributed by atoms with E-state index in [0.717, 1.165) is 10.2 Å². The molecule has 10 heteroatoms. The number of rotatable bonds is 7. The Labute approximate surface area is 185 Å². The number of thiazole rings is 1. The quantitative estimate of drug-likeness (QED) is 0.390. The van der Waals surface area contributed by atoms with E-state index in [1.807, 2.05) is 31.2 Å². The standard InChI is InChI=1S/C21H18ClN3O5S/c1-2-24(20-23-14-5-3-4-6-17(14)31-20)18(26)12-29-19(27)9-10-25-15-8-7-13(22)11-16(15)30-21(25)28/h3-8,11H,2,9-10,12H2,1H3. The van der Waals surface area contributed by atoms with Crippen molar-refractivity contribution in [1.29, 1.82) is 0 Å². The van der Waals surface area contributed by atoms with Crippen molar-refractivity contribution in [2.24, 2.45) is 0 Å². The van der Waals surface area contributed by atoms with Crippen molar-refractivity contribution in [3.8, 4) is 0 Å². The lowest BCUT2D eigenvalue weighted by atomic mass is 10.3. The number of carbonyl (C=O) groups is 2. The van der Waals surface area contributed by atoms with Gasteiger partial charge in [-0.15, -0.1) is 0 Å². The Hall–Kier alpha value is -3.17. The summed E-state index contributed by atoms with van der Waals surface area (Å²) in [6.07, 6.45) is -0.0856. The van der Waals surface area contributed by atoms with Crippen molar-refractivity contribution < 1.29 is 18.7 Å². The molecule has 2 aromatic carbocycles. The van der Waals surface area contributed by atoms with Gasteiger partial charge in [-0.3, -0.25) is 19.1 Å². The predicted octanol–water partition coefficient (Wildman–Crippen LogP) is 3.84. The fourth-order valence-corrected chi connectivity index (χ4v) is 4.35. The van der Waals surface area contributed by atoms with E-state index in [1.54, 1.807) is 12.1 Å². The molecule has 0 unspecified atom stereocenters. The van der Waals surface area contributed by atoms with E-state index in [9.17, 15) is 14.4 Å². The predicted molar refractivity (Wildman–Crippen MR) is 119 cm³/mol. The summed E-state index contributed by atoms with van der Waals surface area (Å²) in [7, 11) is 0. The Kier molecular flexibility index (Phi) is 6.06. The van der Waals surface area contributed by atoms with Gasteiger partial charge in [-0.05, 0) is 31.2 Å². The minimum atomic E-state index is -0.594. The molecule has 4 rings (SSSR count). The van der Waals surface area contributed by atoms with Crippen LogP contribution in [0.3, 0.4) is 0 Å². The highest BCUT2D eigenvalue weighted by Gasteiger charge is 2.20. The molecule has 2 aromatic heterocycles. The first kappa shape index (κ1) is 21.1. The Morgan fingerprint density at radius 1 is 1.26 bits per heavy atom. The molecule has 0 saturated carbocycles. The zero-order valence-electron chi connectivity index (χ0n) is 16.5. The number of carbonyl (C=O) groups excluding carboxylic acids is 2. The topological polar surface area (TPSA) is 94.6 Å². The molecule has 0 atom stereocenters. The average molecular weight is 460 g/mol. The average Bonchev–Trinajstić information content (AvgIpc) is 3.30. The van der Waals surface area contributed by atoms with Crippen LogP contribution in [0, 0.1) is 0 Å². The molecule has 0 aliphatic carbocycles. The van der Waals surface area contributed by atoms with Crippen LogP contribution in [0.5, 0.6) is 0 Å². The minimum Gasteiger partial charge on any atom is -0.455 e. The van der Waals surface area contributed by atoms with Gasteiger partial charge in [0.1, 0.15) is 0 Å². The molecule has 0 bridgehead atoms. The second-order valence-corrected chi connectivity index (χ2v) is 8.09. The summed E-state index contributed by atoms with van der Waals surface area (Å²) in [6, 6.07) is 12.4. The van der Waals surface area contributed by atoms with Crippen LogP contribution in [0.1, 0.15) is 13.3 Å². The Morgan fingerprint density at radius 3 is 2.84 bits per heavy atom. The summed E-state index contributed by atoms with van der Waals surface area (Å²) >= 11 is 7.30. The number of nitrogens with zero attached hydrogens (tertiary/aromatic N) is 3. The smallest absolute Gasteiger partial charge is 0.419 e. The van der Waals surface area contributed by atoms with Crippen LogP contribution in [0.4, 0.5) is 5.13 Å². The molecule has 0 N–H and O–H groups in total. The maximum Gasteiger partial charge on any atom is 0.419 e. The van der Waals surface area contributed by atoms with Gasteiger partial charge in [0.25, 0.3) is 5.91 Å². The summed E-state index contributed by atoms with van der Waals surface area (Å²) in [5.74, 6) is -1.55. The molecule has 4 aromatic rings. The molecular weight excluding hydrogens is 442 g/mol.